The van der Waals surface area contributed by atoms with Crippen molar-refractivity contribution in [3.05, 3.63) is 24.3 Å². The smallest absolute Gasteiger partial charge is 0.238 e. The van der Waals surface area contributed by atoms with E-state index in [9.17, 15) is 4.79 Å². The fourth-order valence-corrected chi connectivity index (χ4v) is 2.30. The first-order valence-corrected chi connectivity index (χ1v) is 6.25. The van der Waals surface area contributed by atoms with E-state index in [4.69, 9.17) is 8.94 Å². The first kappa shape index (κ1) is 11.2. The van der Waals surface area contributed by atoms with Gasteiger partial charge in [-0.25, -0.2) is 0 Å². The van der Waals surface area contributed by atoms with Gasteiger partial charge in [-0.3, -0.25) is 4.79 Å². The maximum absolute atomic E-state index is 12.0. The molecule has 1 saturated carbocycles. The summed E-state index contributed by atoms with van der Waals surface area (Å²) >= 11 is 0. The first-order chi connectivity index (χ1) is 8.84. The van der Waals surface area contributed by atoms with Gasteiger partial charge in [0.15, 0.2) is 5.76 Å². The first-order valence-electron chi connectivity index (χ1n) is 6.25. The Morgan fingerprint density at radius 3 is 3.06 bits per heavy atom. The molecule has 0 bridgehead atoms. The van der Waals surface area contributed by atoms with E-state index in [1.165, 1.54) is 0 Å². The Hall–Kier alpha value is -1.91. The lowest BCUT2D eigenvalue weighted by atomic mass is 9.99. The SMILES string of the molecule is O=C1CCCCCC1c1nc(-c2ccco2)no1. The summed E-state index contributed by atoms with van der Waals surface area (Å²) in [6.45, 7) is 0. The van der Waals surface area contributed by atoms with E-state index in [0.29, 0.717) is 23.9 Å². The van der Waals surface area contributed by atoms with Crippen molar-refractivity contribution in [2.75, 3.05) is 0 Å². The molecular weight excluding hydrogens is 232 g/mol. The molecule has 0 amide bonds. The fourth-order valence-electron chi connectivity index (χ4n) is 2.30. The van der Waals surface area contributed by atoms with Gasteiger partial charge in [0.05, 0.1) is 12.2 Å². The van der Waals surface area contributed by atoms with E-state index in [1.54, 1.807) is 18.4 Å². The van der Waals surface area contributed by atoms with E-state index < -0.39 is 0 Å². The fraction of sp³-hybridized carbons (Fsp3) is 0.462. The number of hydrogen-bond donors (Lipinski definition) is 0. The second-order valence-electron chi connectivity index (χ2n) is 4.55. The van der Waals surface area contributed by atoms with Crippen LogP contribution >= 0.6 is 0 Å². The third-order valence-corrected chi connectivity index (χ3v) is 3.29. The topological polar surface area (TPSA) is 69.1 Å². The number of Topliss-reactive ketones (excluding diaryl/α,β-unsaturated/α-hetero) is 1. The van der Waals surface area contributed by atoms with Gasteiger partial charge in [-0.2, -0.15) is 4.98 Å². The van der Waals surface area contributed by atoms with Gasteiger partial charge in [0.25, 0.3) is 0 Å². The number of ketones is 1. The summed E-state index contributed by atoms with van der Waals surface area (Å²) < 4.78 is 10.4. The van der Waals surface area contributed by atoms with Gasteiger partial charge in [0, 0.05) is 6.42 Å². The van der Waals surface area contributed by atoms with Gasteiger partial charge in [-0.15, -0.1) is 0 Å². The summed E-state index contributed by atoms with van der Waals surface area (Å²) in [7, 11) is 0. The maximum atomic E-state index is 12.0. The molecule has 3 rings (SSSR count). The minimum Gasteiger partial charge on any atom is -0.461 e. The van der Waals surface area contributed by atoms with Crippen LogP contribution in [0.1, 0.15) is 43.9 Å². The molecule has 0 spiro atoms. The molecule has 0 N–H and O–H groups in total. The quantitative estimate of drug-likeness (QED) is 0.762. The number of nitrogens with zero attached hydrogens (tertiary/aromatic N) is 2. The molecule has 1 atom stereocenters. The van der Waals surface area contributed by atoms with Crippen LogP contribution in [-0.2, 0) is 4.79 Å². The van der Waals surface area contributed by atoms with Gasteiger partial charge >= 0.3 is 0 Å². The molecule has 1 unspecified atom stereocenters. The lowest BCUT2D eigenvalue weighted by molar-refractivity contribution is -0.120. The Kier molecular flexibility index (Phi) is 2.96. The Labute approximate surface area is 104 Å². The highest BCUT2D eigenvalue weighted by molar-refractivity contribution is 5.84. The van der Waals surface area contributed by atoms with Gasteiger partial charge < -0.3 is 8.94 Å². The predicted octanol–water partition coefficient (Wildman–Crippen LogP) is 2.95. The van der Waals surface area contributed by atoms with E-state index >= 15 is 0 Å². The highest BCUT2D eigenvalue weighted by Gasteiger charge is 2.28. The molecule has 0 aromatic carbocycles. The van der Waals surface area contributed by atoms with Crippen molar-refractivity contribution in [1.82, 2.24) is 10.1 Å². The average molecular weight is 246 g/mol. The molecule has 0 aliphatic heterocycles. The van der Waals surface area contributed by atoms with Crippen molar-refractivity contribution in [3.63, 3.8) is 0 Å². The van der Waals surface area contributed by atoms with Gasteiger partial charge in [0.2, 0.25) is 11.7 Å². The summed E-state index contributed by atoms with van der Waals surface area (Å²) in [5.41, 5.74) is 0. The maximum Gasteiger partial charge on any atom is 0.238 e. The van der Waals surface area contributed by atoms with Crippen LogP contribution in [0, 0.1) is 0 Å². The zero-order valence-electron chi connectivity index (χ0n) is 9.96. The zero-order chi connectivity index (χ0) is 12.4. The molecule has 1 fully saturated rings. The van der Waals surface area contributed by atoms with Crippen molar-refractivity contribution < 1.29 is 13.7 Å². The molecule has 2 heterocycles. The van der Waals surface area contributed by atoms with Gasteiger partial charge in [-0.05, 0) is 25.0 Å². The van der Waals surface area contributed by atoms with Crippen molar-refractivity contribution in [1.29, 1.82) is 0 Å². The molecule has 5 nitrogen and oxygen atoms in total. The van der Waals surface area contributed by atoms with Crippen molar-refractivity contribution in [2.45, 2.75) is 38.0 Å². The van der Waals surface area contributed by atoms with Crippen LogP contribution in [0.2, 0.25) is 0 Å². The number of carbonyl (C=O) groups excluding carboxylic acids is 1. The summed E-state index contributed by atoms with van der Waals surface area (Å²) in [4.78, 5) is 16.2. The molecule has 0 radical (unpaired) electrons. The van der Waals surface area contributed by atoms with Crippen LogP contribution in [0.4, 0.5) is 0 Å². The number of furan rings is 1. The lowest BCUT2D eigenvalue weighted by Crippen LogP contribution is -2.10. The monoisotopic (exact) mass is 246 g/mol. The number of carbonyl (C=O) groups is 1. The standard InChI is InChI=1S/C13H14N2O3/c16-10-6-3-1-2-5-9(10)13-14-12(15-18-13)11-7-4-8-17-11/h4,7-9H,1-3,5-6H2. The normalized spacial score (nSPS) is 20.9. The Morgan fingerprint density at radius 2 is 2.22 bits per heavy atom. The van der Waals surface area contributed by atoms with Crippen molar-refractivity contribution >= 4 is 5.78 Å². The second-order valence-corrected chi connectivity index (χ2v) is 4.55. The highest BCUT2D eigenvalue weighted by atomic mass is 16.5. The largest absolute Gasteiger partial charge is 0.461 e. The Balaban J connectivity index is 1.86. The van der Waals surface area contributed by atoms with E-state index in [2.05, 4.69) is 10.1 Å². The van der Waals surface area contributed by atoms with Gasteiger partial charge in [-0.1, -0.05) is 18.0 Å². The molecule has 18 heavy (non-hydrogen) atoms. The second kappa shape index (κ2) is 4.76. The predicted molar refractivity (Wildman–Crippen MR) is 62.8 cm³/mol. The molecule has 1 aliphatic carbocycles. The Bertz CT molecular complexity index is 530. The third kappa shape index (κ3) is 2.08. The molecule has 2 aromatic rings. The molecule has 0 saturated heterocycles. The minimum atomic E-state index is -0.233. The average Bonchev–Trinajstić information content (AvgIpc) is 3.00. The summed E-state index contributed by atoms with van der Waals surface area (Å²) in [6, 6.07) is 3.53. The lowest BCUT2D eigenvalue weighted by Gasteiger charge is -2.05. The summed E-state index contributed by atoms with van der Waals surface area (Å²) in [5, 5.41) is 3.87. The molecule has 1 aliphatic rings. The minimum absolute atomic E-state index is 0.210. The highest BCUT2D eigenvalue weighted by Crippen LogP contribution is 2.29. The summed E-state index contributed by atoms with van der Waals surface area (Å²) in [6.07, 6.45) is 6.08. The Morgan fingerprint density at radius 1 is 1.28 bits per heavy atom. The van der Waals surface area contributed by atoms with Crippen LogP contribution in [0.3, 0.4) is 0 Å². The van der Waals surface area contributed by atoms with Crippen LogP contribution in [0.15, 0.2) is 27.3 Å². The van der Waals surface area contributed by atoms with E-state index in [-0.39, 0.29) is 11.7 Å². The van der Waals surface area contributed by atoms with Crippen LogP contribution in [0.25, 0.3) is 11.6 Å². The number of aromatic nitrogens is 2. The third-order valence-electron chi connectivity index (χ3n) is 3.29. The van der Waals surface area contributed by atoms with Crippen molar-refractivity contribution in [2.24, 2.45) is 0 Å². The van der Waals surface area contributed by atoms with E-state index in [0.717, 1.165) is 25.7 Å². The summed E-state index contributed by atoms with van der Waals surface area (Å²) in [5.74, 6) is 1.37. The number of hydrogen-bond acceptors (Lipinski definition) is 5. The molecule has 5 heteroatoms. The molecular formula is C13H14N2O3. The van der Waals surface area contributed by atoms with Crippen molar-refractivity contribution in [3.8, 4) is 11.6 Å². The van der Waals surface area contributed by atoms with Gasteiger partial charge in [0.1, 0.15) is 5.78 Å². The molecule has 2 aromatic heterocycles. The van der Waals surface area contributed by atoms with Crippen LogP contribution in [0.5, 0.6) is 0 Å². The zero-order valence-corrected chi connectivity index (χ0v) is 9.96. The van der Waals surface area contributed by atoms with Crippen LogP contribution in [-0.4, -0.2) is 15.9 Å². The van der Waals surface area contributed by atoms with E-state index in [1.807, 2.05) is 0 Å². The molecule has 94 valence electrons. The number of rotatable bonds is 2. The van der Waals surface area contributed by atoms with Crippen LogP contribution < -0.4 is 0 Å².